The summed E-state index contributed by atoms with van der Waals surface area (Å²) in [5, 5.41) is 14.8. The van der Waals surface area contributed by atoms with E-state index in [0.29, 0.717) is 10.6 Å². The Balaban J connectivity index is 0.00000289. The van der Waals surface area contributed by atoms with E-state index < -0.39 is 11.4 Å². The number of nitrogens with one attached hydrogen (secondary N) is 1. The van der Waals surface area contributed by atoms with E-state index in [9.17, 15) is 14.3 Å². The molecule has 4 aromatic rings. The van der Waals surface area contributed by atoms with Gasteiger partial charge >= 0.3 is 35.6 Å². The maximum absolute atomic E-state index is 13.8. The molecule has 10 heteroatoms. The number of rotatable bonds is 7. The summed E-state index contributed by atoms with van der Waals surface area (Å²) in [6, 6.07) is 12.5. The van der Waals surface area contributed by atoms with Crippen LogP contribution in [0.15, 0.2) is 54.9 Å². The van der Waals surface area contributed by atoms with Crippen molar-refractivity contribution in [3.05, 3.63) is 60.7 Å². The Labute approximate surface area is 210 Å². The molecule has 0 saturated carbocycles. The summed E-state index contributed by atoms with van der Waals surface area (Å²) in [6.45, 7) is 2.93. The number of para-hydroxylation sites is 1. The van der Waals surface area contributed by atoms with Gasteiger partial charge < -0.3 is 20.0 Å². The van der Waals surface area contributed by atoms with E-state index in [1.807, 2.05) is 30.3 Å². The van der Waals surface area contributed by atoms with E-state index in [1.165, 1.54) is 31.3 Å². The van der Waals surface area contributed by atoms with Crippen molar-refractivity contribution >= 4 is 38.3 Å². The summed E-state index contributed by atoms with van der Waals surface area (Å²) in [4.78, 5) is 23.6. The second-order valence-electron chi connectivity index (χ2n) is 7.52. The third kappa shape index (κ3) is 5.42. The molecule has 7 nitrogen and oxygen atoms in total. The zero-order valence-electron chi connectivity index (χ0n) is 17.8. The van der Waals surface area contributed by atoms with E-state index in [4.69, 9.17) is 4.74 Å². The van der Waals surface area contributed by atoms with Crippen LogP contribution >= 0.6 is 11.3 Å². The average molecular weight is 460 g/mol. The number of halogens is 1. The SMILES string of the molecule is CC(C)(COc1ncc(-c2ccc(Nc3nc4c(F)cccc4s3)cc2)cn1)C(=O)[O-].[Na+]. The summed E-state index contributed by atoms with van der Waals surface area (Å²) in [6.07, 6.45) is 3.21. The van der Waals surface area contributed by atoms with Crippen LogP contribution in [0.4, 0.5) is 15.2 Å². The first-order valence-electron chi connectivity index (χ1n) is 9.41. The molecule has 2 heterocycles. The Morgan fingerprint density at radius 2 is 1.81 bits per heavy atom. The van der Waals surface area contributed by atoms with Crippen molar-refractivity contribution in [2.75, 3.05) is 11.9 Å². The number of hydrogen-bond acceptors (Lipinski definition) is 8. The second kappa shape index (κ2) is 9.91. The number of aliphatic carboxylic acids is 1. The number of hydrogen-bond donors (Lipinski definition) is 1. The Morgan fingerprint density at radius 3 is 2.44 bits per heavy atom. The molecule has 0 spiro atoms. The smallest absolute Gasteiger partial charge is 0.549 e. The first-order chi connectivity index (χ1) is 14.8. The monoisotopic (exact) mass is 460 g/mol. The summed E-state index contributed by atoms with van der Waals surface area (Å²) in [5.41, 5.74) is 1.70. The number of aromatic nitrogens is 3. The van der Waals surface area contributed by atoms with E-state index in [2.05, 4.69) is 20.3 Å². The van der Waals surface area contributed by atoms with Crippen LogP contribution in [-0.2, 0) is 4.79 Å². The molecule has 0 bridgehead atoms. The van der Waals surface area contributed by atoms with Crippen molar-refractivity contribution in [3.63, 3.8) is 0 Å². The number of thiazole rings is 1. The van der Waals surface area contributed by atoms with Crippen molar-refractivity contribution in [2.24, 2.45) is 5.41 Å². The number of carboxylic acids is 1. The molecule has 2 aromatic heterocycles. The number of carbonyl (C=O) groups is 1. The molecule has 0 saturated heterocycles. The molecule has 2 aromatic carbocycles. The molecule has 0 radical (unpaired) electrons. The molecule has 32 heavy (non-hydrogen) atoms. The van der Waals surface area contributed by atoms with Gasteiger partial charge in [-0.3, -0.25) is 0 Å². The molecule has 4 rings (SSSR count). The number of ether oxygens (including phenoxy) is 1. The van der Waals surface area contributed by atoms with Crippen LogP contribution in [0.3, 0.4) is 0 Å². The predicted octanol–water partition coefficient (Wildman–Crippen LogP) is 0.795. The van der Waals surface area contributed by atoms with Gasteiger partial charge in [0.05, 0.1) is 10.7 Å². The van der Waals surface area contributed by atoms with Gasteiger partial charge in [0.1, 0.15) is 17.9 Å². The minimum Gasteiger partial charge on any atom is -0.549 e. The number of carbonyl (C=O) groups excluding carboxylic acids is 1. The minimum absolute atomic E-state index is 0. The topological polar surface area (TPSA) is 100 Å². The van der Waals surface area contributed by atoms with E-state index in [1.54, 1.807) is 18.5 Å². The molecule has 0 aliphatic heterocycles. The Kier molecular flexibility index (Phi) is 7.45. The molecule has 0 fully saturated rings. The number of anilines is 2. The normalized spacial score (nSPS) is 11.1. The van der Waals surface area contributed by atoms with Crippen LogP contribution in [0.5, 0.6) is 6.01 Å². The molecule has 0 atom stereocenters. The van der Waals surface area contributed by atoms with Gasteiger partial charge in [-0.25, -0.2) is 19.3 Å². The zero-order valence-corrected chi connectivity index (χ0v) is 20.6. The Bertz CT molecular complexity index is 1230. The fourth-order valence-corrected chi connectivity index (χ4v) is 3.58. The van der Waals surface area contributed by atoms with Gasteiger partial charge in [0.2, 0.25) is 0 Å². The summed E-state index contributed by atoms with van der Waals surface area (Å²) in [5.74, 6) is -1.54. The molecule has 0 aliphatic carbocycles. The number of carboxylic acid groups (broad SMARTS) is 1. The van der Waals surface area contributed by atoms with Gasteiger partial charge in [-0.2, -0.15) is 0 Å². The standard InChI is InChI=1S/C22H19FN4O3S.Na/c1-22(2,19(28)29)12-30-20-24-10-14(11-25-20)13-6-8-15(9-7-13)26-21-27-18-16(23)4-3-5-17(18)31-21;/h3-11H,12H2,1-2H3,(H,26,27)(H,28,29);/q;+1/p-1. The van der Waals surface area contributed by atoms with E-state index in [0.717, 1.165) is 21.5 Å². The average Bonchev–Trinajstić information content (AvgIpc) is 3.17. The summed E-state index contributed by atoms with van der Waals surface area (Å²) < 4.78 is 20.0. The summed E-state index contributed by atoms with van der Waals surface area (Å²) in [7, 11) is 0. The van der Waals surface area contributed by atoms with Crippen molar-refractivity contribution in [2.45, 2.75) is 13.8 Å². The number of benzene rings is 2. The fourth-order valence-electron chi connectivity index (χ4n) is 2.68. The molecule has 0 aliphatic rings. The molecule has 158 valence electrons. The molecule has 1 N–H and O–H groups in total. The molecular weight excluding hydrogens is 442 g/mol. The van der Waals surface area contributed by atoms with Gasteiger partial charge in [-0.05, 0) is 29.8 Å². The first-order valence-corrected chi connectivity index (χ1v) is 10.2. The van der Waals surface area contributed by atoms with Crippen LogP contribution in [0.25, 0.3) is 21.3 Å². The van der Waals surface area contributed by atoms with Crippen LogP contribution in [0.1, 0.15) is 13.8 Å². The van der Waals surface area contributed by atoms with Crippen molar-refractivity contribution in [1.82, 2.24) is 15.0 Å². The number of fused-ring (bicyclic) bond motifs is 1. The van der Waals surface area contributed by atoms with Gasteiger partial charge in [0.25, 0.3) is 0 Å². The van der Waals surface area contributed by atoms with Crippen molar-refractivity contribution in [1.29, 1.82) is 0 Å². The van der Waals surface area contributed by atoms with Crippen LogP contribution in [0.2, 0.25) is 0 Å². The van der Waals surface area contributed by atoms with Crippen molar-refractivity contribution < 1.29 is 48.6 Å². The van der Waals surface area contributed by atoms with Gasteiger partial charge in [-0.15, -0.1) is 0 Å². The molecule has 0 amide bonds. The maximum atomic E-state index is 13.8. The zero-order chi connectivity index (χ0) is 22.0. The first kappa shape index (κ1) is 24.1. The van der Waals surface area contributed by atoms with Gasteiger partial charge in [-0.1, -0.05) is 43.4 Å². The maximum Gasteiger partial charge on any atom is 1.00 e. The fraction of sp³-hybridized carbons (Fsp3) is 0.182. The largest absolute Gasteiger partial charge is 1.00 e. The number of nitrogens with zero attached hydrogens (tertiary/aromatic N) is 3. The Morgan fingerprint density at radius 1 is 1.12 bits per heavy atom. The van der Waals surface area contributed by atoms with E-state index in [-0.39, 0.29) is 48.0 Å². The van der Waals surface area contributed by atoms with Crippen LogP contribution in [0, 0.1) is 11.2 Å². The third-order valence-corrected chi connectivity index (χ3v) is 5.52. The summed E-state index contributed by atoms with van der Waals surface area (Å²) >= 11 is 1.38. The molecule has 0 unspecified atom stereocenters. The molecular formula is C22H18FN4NaO3S. The van der Waals surface area contributed by atoms with Crippen LogP contribution in [-0.4, -0.2) is 27.5 Å². The van der Waals surface area contributed by atoms with Gasteiger partial charge in [0.15, 0.2) is 5.13 Å². The van der Waals surface area contributed by atoms with E-state index >= 15 is 0 Å². The van der Waals surface area contributed by atoms with Crippen molar-refractivity contribution in [3.8, 4) is 17.1 Å². The third-order valence-electron chi connectivity index (χ3n) is 4.58. The Hall–Kier alpha value is -2.59. The quantitative estimate of drug-likeness (QED) is 0.407. The minimum atomic E-state index is -1.20. The predicted molar refractivity (Wildman–Crippen MR) is 115 cm³/mol. The van der Waals surface area contributed by atoms with Gasteiger partial charge in [0, 0.05) is 29.1 Å². The second-order valence-corrected chi connectivity index (χ2v) is 8.55. The van der Waals surface area contributed by atoms with Crippen LogP contribution < -0.4 is 44.7 Å².